The molecule has 0 aromatic rings. The summed E-state index contributed by atoms with van der Waals surface area (Å²) in [5, 5.41) is 9.32. The number of carbonyl (C=O) groups is 1. The Labute approximate surface area is 128 Å². The van der Waals surface area contributed by atoms with Crippen LogP contribution < -0.4 is 0 Å². The molecule has 0 bridgehead atoms. The molecule has 0 aromatic carbocycles. The second kappa shape index (κ2) is 8.68. The predicted octanol–water partition coefficient (Wildman–Crippen LogP) is 1.87. The highest BCUT2D eigenvalue weighted by Gasteiger charge is 2.21. The van der Waals surface area contributed by atoms with Crippen LogP contribution in [0.5, 0.6) is 0 Å². The molecular formula is C16H27N3O2. The van der Waals surface area contributed by atoms with Crippen LogP contribution in [-0.4, -0.2) is 55.1 Å². The molecule has 5 nitrogen and oxygen atoms in total. The smallest absolute Gasteiger partial charge is 0.266 e. The van der Waals surface area contributed by atoms with E-state index in [-0.39, 0.29) is 11.5 Å². The second-order valence-electron chi connectivity index (χ2n) is 6.30. The van der Waals surface area contributed by atoms with Crippen LogP contribution >= 0.6 is 0 Å². The second-order valence-corrected chi connectivity index (χ2v) is 6.30. The zero-order valence-electron chi connectivity index (χ0n) is 13.6. The van der Waals surface area contributed by atoms with E-state index in [0.717, 1.165) is 13.1 Å². The molecule has 0 saturated carbocycles. The van der Waals surface area contributed by atoms with Gasteiger partial charge in [0.15, 0.2) is 0 Å². The average Bonchev–Trinajstić information content (AvgIpc) is 2.43. The van der Waals surface area contributed by atoms with Gasteiger partial charge in [0.1, 0.15) is 11.6 Å². The summed E-state index contributed by atoms with van der Waals surface area (Å²) in [7, 11) is 0. The van der Waals surface area contributed by atoms with E-state index in [9.17, 15) is 10.1 Å². The molecule has 21 heavy (non-hydrogen) atoms. The van der Waals surface area contributed by atoms with E-state index >= 15 is 0 Å². The molecular weight excluding hydrogens is 266 g/mol. The summed E-state index contributed by atoms with van der Waals surface area (Å²) >= 11 is 0. The first-order valence-electron chi connectivity index (χ1n) is 7.67. The number of nitriles is 1. The quantitative estimate of drug-likeness (QED) is 0.554. The average molecular weight is 293 g/mol. The number of nitrogens with zero attached hydrogens (tertiary/aromatic N) is 3. The number of ether oxygens (including phenoxy) is 1. The van der Waals surface area contributed by atoms with Gasteiger partial charge in [-0.3, -0.25) is 4.79 Å². The van der Waals surface area contributed by atoms with Gasteiger partial charge < -0.3 is 14.5 Å². The Morgan fingerprint density at radius 2 is 1.76 bits per heavy atom. The zero-order valence-corrected chi connectivity index (χ0v) is 13.6. The van der Waals surface area contributed by atoms with Gasteiger partial charge in [0.2, 0.25) is 0 Å². The van der Waals surface area contributed by atoms with Gasteiger partial charge in [0.05, 0.1) is 13.2 Å². The van der Waals surface area contributed by atoms with E-state index < -0.39 is 0 Å². The minimum Gasteiger partial charge on any atom is -0.378 e. The molecule has 5 heteroatoms. The van der Waals surface area contributed by atoms with Gasteiger partial charge in [-0.05, 0) is 11.8 Å². The Morgan fingerprint density at radius 1 is 1.24 bits per heavy atom. The summed E-state index contributed by atoms with van der Waals surface area (Å²) < 4.78 is 5.24. The fourth-order valence-corrected chi connectivity index (χ4v) is 2.37. The van der Waals surface area contributed by atoms with E-state index in [0.29, 0.717) is 38.1 Å². The molecule has 1 heterocycles. The van der Waals surface area contributed by atoms with Crippen LogP contribution in [0.3, 0.4) is 0 Å². The minimum absolute atomic E-state index is 0.182. The van der Waals surface area contributed by atoms with Crippen molar-refractivity contribution in [1.29, 1.82) is 5.26 Å². The molecule has 0 unspecified atom stereocenters. The molecule has 0 aromatic heterocycles. The van der Waals surface area contributed by atoms with Gasteiger partial charge in [0, 0.05) is 32.4 Å². The van der Waals surface area contributed by atoms with Crippen LogP contribution in [0.2, 0.25) is 0 Å². The largest absolute Gasteiger partial charge is 0.378 e. The highest BCUT2D eigenvalue weighted by molar-refractivity contribution is 5.97. The summed E-state index contributed by atoms with van der Waals surface area (Å²) in [6.45, 7) is 12.5. The molecule has 1 fully saturated rings. The Morgan fingerprint density at radius 3 is 2.19 bits per heavy atom. The summed E-state index contributed by atoms with van der Waals surface area (Å²) in [4.78, 5) is 16.2. The highest BCUT2D eigenvalue weighted by Crippen LogP contribution is 2.10. The molecule has 0 N–H and O–H groups in total. The summed E-state index contributed by atoms with van der Waals surface area (Å²) in [6, 6.07) is 2.06. The predicted molar refractivity (Wildman–Crippen MR) is 82.3 cm³/mol. The summed E-state index contributed by atoms with van der Waals surface area (Å²) in [5.74, 6) is 0.787. The summed E-state index contributed by atoms with van der Waals surface area (Å²) in [5.41, 5.74) is 0.221. The van der Waals surface area contributed by atoms with Crippen molar-refractivity contribution < 1.29 is 9.53 Å². The lowest BCUT2D eigenvalue weighted by Gasteiger charge is -2.28. The van der Waals surface area contributed by atoms with Crippen LogP contribution in [-0.2, 0) is 9.53 Å². The molecule has 1 aliphatic rings. The van der Waals surface area contributed by atoms with Crippen LogP contribution in [0.15, 0.2) is 11.8 Å². The number of carbonyl (C=O) groups excluding carboxylic acids is 1. The van der Waals surface area contributed by atoms with E-state index in [1.54, 1.807) is 11.1 Å². The van der Waals surface area contributed by atoms with E-state index in [1.807, 2.05) is 0 Å². The Hall–Kier alpha value is -1.54. The third kappa shape index (κ3) is 6.17. The van der Waals surface area contributed by atoms with Crippen molar-refractivity contribution in [2.45, 2.75) is 27.7 Å². The third-order valence-electron chi connectivity index (χ3n) is 3.16. The van der Waals surface area contributed by atoms with Crippen LogP contribution in [0.1, 0.15) is 27.7 Å². The molecule has 1 aliphatic heterocycles. The maximum atomic E-state index is 12.4. The Bertz CT molecular complexity index is 394. The Kier molecular flexibility index (Phi) is 7.24. The first-order chi connectivity index (χ1) is 9.93. The molecule has 1 amide bonds. The maximum Gasteiger partial charge on any atom is 0.266 e. The van der Waals surface area contributed by atoms with E-state index in [4.69, 9.17) is 4.74 Å². The standard InChI is InChI=1S/C16H27N3O2/c1-13(2)10-18(11-14(3)4)12-15(9-17)16(20)19-5-7-21-8-6-19/h12-14H,5-8,10-11H2,1-4H3/b15-12-. The molecule has 0 atom stereocenters. The van der Waals surface area contributed by atoms with Crippen molar-refractivity contribution in [3.8, 4) is 6.07 Å². The lowest BCUT2D eigenvalue weighted by Crippen LogP contribution is -2.41. The van der Waals surface area contributed by atoms with Crippen molar-refractivity contribution >= 4 is 5.91 Å². The van der Waals surface area contributed by atoms with Crippen LogP contribution in [0, 0.1) is 23.2 Å². The summed E-state index contributed by atoms with van der Waals surface area (Å²) in [6.07, 6.45) is 1.73. The third-order valence-corrected chi connectivity index (χ3v) is 3.16. The van der Waals surface area contributed by atoms with Crippen molar-refractivity contribution in [3.05, 3.63) is 11.8 Å². The van der Waals surface area contributed by atoms with Crippen LogP contribution in [0.25, 0.3) is 0 Å². The van der Waals surface area contributed by atoms with Crippen molar-refractivity contribution in [2.75, 3.05) is 39.4 Å². The van der Waals surface area contributed by atoms with Crippen LogP contribution in [0.4, 0.5) is 0 Å². The van der Waals surface area contributed by atoms with Gasteiger partial charge in [-0.25, -0.2) is 0 Å². The highest BCUT2D eigenvalue weighted by atomic mass is 16.5. The molecule has 0 radical (unpaired) electrons. The van der Waals surface area contributed by atoms with Crippen molar-refractivity contribution in [1.82, 2.24) is 9.80 Å². The monoisotopic (exact) mass is 293 g/mol. The SMILES string of the molecule is CC(C)CN(/C=C(/C#N)C(=O)N1CCOCC1)CC(C)C. The van der Waals surface area contributed by atoms with Gasteiger partial charge in [-0.1, -0.05) is 27.7 Å². The topological polar surface area (TPSA) is 56.6 Å². The number of hydrogen-bond donors (Lipinski definition) is 0. The van der Waals surface area contributed by atoms with Gasteiger partial charge >= 0.3 is 0 Å². The van der Waals surface area contributed by atoms with Crippen molar-refractivity contribution in [2.24, 2.45) is 11.8 Å². The van der Waals surface area contributed by atoms with E-state index in [1.165, 1.54) is 0 Å². The van der Waals surface area contributed by atoms with Gasteiger partial charge in [-0.2, -0.15) is 5.26 Å². The lowest BCUT2D eigenvalue weighted by molar-refractivity contribution is -0.130. The maximum absolute atomic E-state index is 12.4. The van der Waals surface area contributed by atoms with Gasteiger partial charge in [0.25, 0.3) is 5.91 Å². The van der Waals surface area contributed by atoms with E-state index in [2.05, 4.69) is 38.7 Å². The molecule has 118 valence electrons. The fraction of sp³-hybridized carbons (Fsp3) is 0.750. The number of morpholine rings is 1. The van der Waals surface area contributed by atoms with Crippen molar-refractivity contribution in [3.63, 3.8) is 0 Å². The van der Waals surface area contributed by atoms with Gasteiger partial charge in [-0.15, -0.1) is 0 Å². The fourth-order valence-electron chi connectivity index (χ4n) is 2.37. The molecule has 1 saturated heterocycles. The molecule has 1 rings (SSSR count). The number of amides is 1. The number of rotatable bonds is 6. The number of hydrogen-bond acceptors (Lipinski definition) is 4. The molecule has 0 spiro atoms. The molecule has 0 aliphatic carbocycles. The Balaban J connectivity index is 2.81. The first kappa shape index (κ1) is 17.5. The minimum atomic E-state index is -0.182. The lowest BCUT2D eigenvalue weighted by atomic mass is 10.1. The zero-order chi connectivity index (χ0) is 15.8. The first-order valence-corrected chi connectivity index (χ1v) is 7.67. The normalized spacial score (nSPS) is 16.2.